The molecule has 0 aromatic rings. The molecule has 0 saturated heterocycles. The molecule has 0 aromatic heterocycles. The van der Waals surface area contributed by atoms with Crippen LogP contribution < -0.4 is 0 Å². The molecule has 2 aliphatic rings. The SMILES string of the molecule is CC1CCC(CC(F)(F)C2C(C)CCC(F)C2F)CC1. The molecule has 4 heteroatoms. The molecule has 20 heavy (non-hydrogen) atoms. The van der Waals surface area contributed by atoms with Gasteiger partial charge in [-0.1, -0.05) is 26.7 Å². The summed E-state index contributed by atoms with van der Waals surface area (Å²) in [5, 5.41) is 0. The van der Waals surface area contributed by atoms with Crippen molar-refractivity contribution < 1.29 is 17.6 Å². The molecular weight excluding hydrogens is 268 g/mol. The highest BCUT2D eigenvalue weighted by Gasteiger charge is 2.52. The highest BCUT2D eigenvalue weighted by atomic mass is 19.3. The second kappa shape index (κ2) is 6.23. The number of alkyl halides is 4. The van der Waals surface area contributed by atoms with Crippen molar-refractivity contribution in [1.82, 2.24) is 0 Å². The summed E-state index contributed by atoms with van der Waals surface area (Å²) in [6.45, 7) is 3.78. The molecule has 0 nitrogen and oxygen atoms in total. The predicted octanol–water partition coefficient (Wildman–Crippen LogP) is 5.56. The number of hydrogen-bond donors (Lipinski definition) is 0. The van der Waals surface area contributed by atoms with E-state index in [9.17, 15) is 17.6 Å². The smallest absolute Gasteiger partial charge is 0.244 e. The third-order valence-corrected chi connectivity index (χ3v) is 5.38. The summed E-state index contributed by atoms with van der Waals surface area (Å²) >= 11 is 0. The van der Waals surface area contributed by atoms with Crippen LogP contribution in [0.4, 0.5) is 17.6 Å². The number of halogens is 4. The first-order valence-electron chi connectivity index (χ1n) is 7.97. The summed E-state index contributed by atoms with van der Waals surface area (Å²) in [5.74, 6) is -4.37. The Labute approximate surface area is 119 Å². The number of rotatable bonds is 3. The fourth-order valence-electron chi connectivity index (χ4n) is 4.00. The second-order valence-corrected chi connectivity index (χ2v) is 7.13. The molecule has 118 valence electrons. The Morgan fingerprint density at radius 1 is 0.900 bits per heavy atom. The Morgan fingerprint density at radius 3 is 2.10 bits per heavy atom. The van der Waals surface area contributed by atoms with Crippen molar-refractivity contribution in [3.05, 3.63) is 0 Å². The van der Waals surface area contributed by atoms with Gasteiger partial charge in [0, 0.05) is 6.42 Å². The van der Waals surface area contributed by atoms with Gasteiger partial charge in [0.2, 0.25) is 0 Å². The van der Waals surface area contributed by atoms with Gasteiger partial charge in [0.25, 0.3) is 5.92 Å². The Morgan fingerprint density at radius 2 is 1.50 bits per heavy atom. The molecule has 0 radical (unpaired) electrons. The van der Waals surface area contributed by atoms with Gasteiger partial charge in [0.1, 0.15) is 12.3 Å². The van der Waals surface area contributed by atoms with Crippen molar-refractivity contribution >= 4 is 0 Å². The van der Waals surface area contributed by atoms with E-state index in [1.165, 1.54) is 0 Å². The quantitative estimate of drug-likeness (QED) is 0.598. The van der Waals surface area contributed by atoms with E-state index in [0.29, 0.717) is 12.3 Å². The van der Waals surface area contributed by atoms with Crippen LogP contribution in [0.15, 0.2) is 0 Å². The molecule has 2 rings (SSSR count). The van der Waals surface area contributed by atoms with E-state index >= 15 is 0 Å². The van der Waals surface area contributed by atoms with Gasteiger partial charge in [0.15, 0.2) is 0 Å². The van der Waals surface area contributed by atoms with Gasteiger partial charge in [0.05, 0.1) is 5.92 Å². The third-order valence-electron chi connectivity index (χ3n) is 5.38. The molecular formula is C16H26F4. The highest BCUT2D eigenvalue weighted by Crippen LogP contribution is 2.47. The van der Waals surface area contributed by atoms with Gasteiger partial charge in [-0.05, 0) is 43.4 Å². The summed E-state index contributed by atoms with van der Waals surface area (Å²) in [5.41, 5.74) is 0. The van der Waals surface area contributed by atoms with E-state index in [1.807, 2.05) is 0 Å². The van der Waals surface area contributed by atoms with Crippen molar-refractivity contribution in [2.75, 3.05) is 0 Å². The van der Waals surface area contributed by atoms with Gasteiger partial charge >= 0.3 is 0 Å². The minimum atomic E-state index is -3.07. The zero-order valence-electron chi connectivity index (χ0n) is 12.4. The zero-order chi connectivity index (χ0) is 14.9. The lowest BCUT2D eigenvalue weighted by Crippen LogP contribution is -2.47. The second-order valence-electron chi connectivity index (χ2n) is 7.13. The van der Waals surface area contributed by atoms with Crippen molar-refractivity contribution in [2.24, 2.45) is 23.7 Å². The average molecular weight is 294 g/mol. The van der Waals surface area contributed by atoms with Gasteiger partial charge in [-0.25, -0.2) is 17.6 Å². The maximum absolute atomic E-state index is 14.5. The van der Waals surface area contributed by atoms with E-state index in [-0.39, 0.29) is 18.8 Å². The van der Waals surface area contributed by atoms with Crippen molar-refractivity contribution in [1.29, 1.82) is 0 Å². The lowest BCUT2D eigenvalue weighted by atomic mass is 9.71. The summed E-state index contributed by atoms with van der Waals surface area (Å²) in [4.78, 5) is 0. The van der Waals surface area contributed by atoms with E-state index < -0.39 is 30.1 Å². The molecule has 0 bridgehead atoms. The first-order chi connectivity index (χ1) is 9.31. The normalized spacial score (nSPS) is 43.5. The molecule has 0 aliphatic heterocycles. The summed E-state index contributed by atoms with van der Waals surface area (Å²) in [6.07, 6.45) is 0.0188. The first-order valence-corrected chi connectivity index (χ1v) is 7.97. The van der Waals surface area contributed by atoms with Crippen molar-refractivity contribution in [2.45, 2.75) is 77.1 Å². The van der Waals surface area contributed by atoms with Gasteiger partial charge in [-0.2, -0.15) is 0 Å². The molecule has 0 N–H and O–H groups in total. The molecule has 0 spiro atoms. The van der Waals surface area contributed by atoms with Crippen LogP contribution in [0, 0.1) is 23.7 Å². The Bertz CT molecular complexity index is 310. The minimum Gasteiger partial charge on any atom is -0.244 e. The molecule has 2 saturated carbocycles. The standard InChI is InChI=1S/C16H26F4/c1-10-3-6-12(7-4-10)9-16(19,20)14-11(2)5-8-13(17)15(14)18/h10-15H,3-9H2,1-2H3. The maximum atomic E-state index is 14.5. The Kier molecular flexibility index (Phi) is 5.01. The van der Waals surface area contributed by atoms with Gasteiger partial charge < -0.3 is 0 Å². The van der Waals surface area contributed by atoms with Crippen LogP contribution in [0.1, 0.15) is 58.8 Å². The van der Waals surface area contributed by atoms with E-state index in [0.717, 1.165) is 25.7 Å². The van der Waals surface area contributed by atoms with Crippen LogP contribution in [-0.4, -0.2) is 18.3 Å². The Balaban J connectivity index is 2.00. The molecule has 0 aromatic carbocycles. The predicted molar refractivity (Wildman–Crippen MR) is 72.4 cm³/mol. The Hall–Kier alpha value is -0.280. The molecule has 0 heterocycles. The highest BCUT2D eigenvalue weighted by molar-refractivity contribution is 4.95. The van der Waals surface area contributed by atoms with E-state index in [1.54, 1.807) is 6.92 Å². The monoisotopic (exact) mass is 294 g/mol. The van der Waals surface area contributed by atoms with Crippen LogP contribution in [0.3, 0.4) is 0 Å². The number of hydrogen-bond acceptors (Lipinski definition) is 0. The summed E-state index contributed by atoms with van der Waals surface area (Å²) in [7, 11) is 0. The summed E-state index contributed by atoms with van der Waals surface area (Å²) in [6, 6.07) is 0. The van der Waals surface area contributed by atoms with E-state index in [4.69, 9.17) is 0 Å². The topological polar surface area (TPSA) is 0 Å². The lowest BCUT2D eigenvalue weighted by Gasteiger charge is -2.41. The molecule has 2 fully saturated rings. The van der Waals surface area contributed by atoms with Gasteiger partial charge in [-0.15, -0.1) is 0 Å². The molecule has 0 amide bonds. The van der Waals surface area contributed by atoms with Crippen LogP contribution in [-0.2, 0) is 0 Å². The average Bonchev–Trinajstić information content (AvgIpc) is 2.37. The third kappa shape index (κ3) is 3.48. The van der Waals surface area contributed by atoms with Crippen LogP contribution >= 0.6 is 0 Å². The molecule has 4 atom stereocenters. The minimum absolute atomic E-state index is 0.0272. The summed E-state index contributed by atoms with van der Waals surface area (Å²) < 4.78 is 56.3. The largest absolute Gasteiger partial charge is 0.254 e. The maximum Gasteiger partial charge on any atom is 0.254 e. The lowest BCUT2D eigenvalue weighted by molar-refractivity contribution is -0.148. The van der Waals surface area contributed by atoms with Crippen LogP contribution in [0.5, 0.6) is 0 Å². The van der Waals surface area contributed by atoms with E-state index in [2.05, 4.69) is 6.92 Å². The van der Waals surface area contributed by atoms with Crippen LogP contribution in [0.2, 0.25) is 0 Å². The molecule has 4 unspecified atom stereocenters. The van der Waals surface area contributed by atoms with Crippen molar-refractivity contribution in [3.63, 3.8) is 0 Å². The van der Waals surface area contributed by atoms with Crippen LogP contribution in [0.25, 0.3) is 0 Å². The fourth-order valence-corrected chi connectivity index (χ4v) is 4.00. The molecule has 2 aliphatic carbocycles. The van der Waals surface area contributed by atoms with Gasteiger partial charge in [-0.3, -0.25) is 0 Å². The zero-order valence-corrected chi connectivity index (χ0v) is 12.4. The first kappa shape index (κ1) is 16.1. The fraction of sp³-hybridized carbons (Fsp3) is 1.00. The van der Waals surface area contributed by atoms with Crippen molar-refractivity contribution in [3.8, 4) is 0 Å².